The van der Waals surface area contributed by atoms with Gasteiger partial charge in [0.2, 0.25) is 5.91 Å². The van der Waals surface area contributed by atoms with Crippen LogP contribution < -0.4 is 16.8 Å². The second kappa shape index (κ2) is 9.21. The van der Waals surface area contributed by atoms with Gasteiger partial charge < -0.3 is 31.6 Å². The van der Waals surface area contributed by atoms with Crippen molar-refractivity contribution in [1.29, 1.82) is 0 Å². The number of aliphatic carboxylic acids is 1. The topological polar surface area (TPSA) is 161 Å². The molecule has 2 atom stereocenters. The molecule has 1 aromatic heterocycles. The van der Waals surface area contributed by atoms with Gasteiger partial charge in [0, 0.05) is 19.3 Å². The summed E-state index contributed by atoms with van der Waals surface area (Å²) in [6.45, 7) is 0.584. The zero-order valence-corrected chi connectivity index (χ0v) is 16.5. The van der Waals surface area contributed by atoms with Crippen LogP contribution in [0.1, 0.15) is 61.8 Å². The average Bonchev–Trinajstić information content (AvgIpc) is 3.49. The van der Waals surface area contributed by atoms with Crippen LogP contribution in [-0.4, -0.2) is 46.2 Å². The van der Waals surface area contributed by atoms with E-state index in [1.807, 2.05) is 6.07 Å². The molecule has 9 nitrogen and oxygen atoms in total. The molecule has 1 saturated heterocycles. The predicted molar refractivity (Wildman–Crippen MR) is 106 cm³/mol. The number of nitrogens with zero attached hydrogens (tertiary/aromatic N) is 1. The first-order valence-electron chi connectivity index (χ1n) is 10.1. The Bertz CT molecular complexity index is 758. The molecule has 0 radical (unpaired) electrons. The van der Waals surface area contributed by atoms with Gasteiger partial charge in [0.1, 0.15) is 0 Å². The van der Waals surface area contributed by atoms with Gasteiger partial charge in [-0.15, -0.1) is 0 Å². The van der Waals surface area contributed by atoms with E-state index in [1.165, 1.54) is 0 Å². The van der Waals surface area contributed by atoms with Crippen molar-refractivity contribution in [3.63, 3.8) is 0 Å². The highest BCUT2D eigenvalue weighted by molar-refractivity contribution is 6.45. The molecule has 1 amide bonds. The van der Waals surface area contributed by atoms with Crippen LogP contribution in [0.15, 0.2) is 12.3 Å². The van der Waals surface area contributed by atoms with E-state index >= 15 is 0 Å². The summed E-state index contributed by atoms with van der Waals surface area (Å²) in [5.74, 6) is -1.72. The maximum atomic E-state index is 13.1. The Morgan fingerprint density at radius 3 is 2.62 bits per heavy atom. The van der Waals surface area contributed by atoms with E-state index in [9.17, 15) is 14.6 Å². The minimum atomic E-state index is -1.24. The molecule has 7 N–H and O–H groups in total. The maximum Gasteiger partial charge on any atom is 0.478 e. The minimum absolute atomic E-state index is 0.164. The number of rotatable bonds is 7. The second-order valence-electron chi connectivity index (χ2n) is 7.93. The van der Waals surface area contributed by atoms with Crippen LogP contribution in [0.4, 0.5) is 0 Å². The van der Waals surface area contributed by atoms with E-state index in [2.05, 4.69) is 10.3 Å². The Morgan fingerprint density at radius 1 is 1.28 bits per heavy atom. The molecule has 10 heteroatoms. The first-order valence-corrected chi connectivity index (χ1v) is 10.1. The summed E-state index contributed by atoms with van der Waals surface area (Å²) >= 11 is 0. The molecule has 1 aromatic rings. The van der Waals surface area contributed by atoms with Crippen molar-refractivity contribution >= 4 is 19.0 Å². The molecule has 2 heterocycles. The molecule has 1 aliphatic heterocycles. The van der Waals surface area contributed by atoms with Crippen LogP contribution in [0.3, 0.4) is 0 Å². The predicted octanol–water partition coefficient (Wildman–Crippen LogP) is -0.0310. The monoisotopic (exact) mass is 404 g/mol. The number of nitrogens with one attached hydrogen (secondary N) is 1. The number of carbonyl (C=O) groups is 2. The largest absolute Gasteiger partial charge is 0.481 e. The summed E-state index contributed by atoms with van der Waals surface area (Å²) in [4.78, 5) is 28.4. The van der Waals surface area contributed by atoms with Crippen molar-refractivity contribution < 1.29 is 24.4 Å². The summed E-state index contributed by atoms with van der Waals surface area (Å²) in [5, 5.41) is 22.4. The third kappa shape index (κ3) is 4.95. The number of amides is 1. The van der Waals surface area contributed by atoms with Crippen LogP contribution in [0.25, 0.3) is 0 Å². The molecule has 2 aliphatic rings. The van der Waals surface area contributed by atoms with Crippen LogP contribution in [0, 0.1) is 0 Å². The smallest absolute Gasteiger partial charge is 0.478 e. The van der Waals surface area contributed by atoms with Crippen molar-refractivity contribution in [3.8, 4) is 0 Å². The molecular weight excluding hydrogens is 375 g/mol. The third-order valence-electron chi connectivity index (χ3n) is 5.90. The molecular formula is C19H29BN4O5. The van der Waals surface area contributed by atoms with Gasteiger partial charge in [0.15, 0.2) is 0 Å². The normalized spacial score (nSPS) is 23.8. The Kier molecular flexibility index (Phi) is 6.89. The van der Waals surface area contributed by atoms with Crippen molar-refractivity contribution in [2.75, 3.05) is 0 Å². The van der Waals surface area contributed by atoms with Crippen LogP contribution in [-0.2, 0) is 32.7 Å². The van der Waals surface area contributed by atoms with E-state index in [0.29, 0.717) is 32.2 Å². The number of hydrogen-bond donors (Lipinski definition) is 5. The van der Waals surface area contributed by atoms with Crippen LogP contribution in [0.2, 0.25) is 0 Å². The van der Waals surface area contributed by atoms with Crippen molar-refractivity contribution in [1.82, 2.24) is 10.3 Å². The van der Waals surface area contributed by atoms with E-state index in [-0.39, 0.29) is 18.9 Å². The lowest BCUT2D eigenvalue weighted by Gasteiger charge is -2.29. The SMILES string of the molecule is NCc1cc(C2(C(=O)N[C@H]3CCCC[C@H](CC(=O)O)OB3O)CC2)cnc1CN. The Balaban J connectivity index is 1.70. The molecule has 0 bridgehead atoms. The van der Waals surface area contributed by atoms with Crippen LogP contribution in [0.5, 0.6) is 0 Å². The fourth-order valence-corrected chi connectivity index (χ4v) is 3.97. The lowest BCUT2D eigenvalue weighted by Crippen LogP contribution is -2.52. The number of pyridine rings is 1. The quantitative estimate of drug-likeness (QED) is 0.396. The highest BCUT2D eigenvalue weighted by atomic mass is 16.5. The van der Waals surface area contributed by atoms with Gasteiger partial charge in [-0.25, -0.2) is 0 Å². The number of carbonyl (C=O) groups excluding carboxylic acids is 1. The van der Waals surface area contributed by atoms with Crippen LogP contribution >= 0.6 is 0 Å². The Hall–Kier alpha value is -2.01. The highest BCUT2D eigenvalue weighted by Crippen LogP contribution is 2.48. The first kappa shape index (κ1) is 21.7. The van der Waals surface area contributed by atoms with Gasteiger partial charge in [-0.3, -0.25) is 14.6 Å². The fraction of sp³-hybridized carbons (Fsp3) is 0.632. The van der Waals surface area contributed by atoms with Gasteiger partial charge in [-0.2, -0.15) is 0 Å². The number of nitrogens with two attached hydrogens (primary N) is 2. The van der Waals surface area contributed by atoms with Gasteiger partial charge in [0.05, 0.1) is 29.6 Å². The molecule has 1 saturated carbocycles. The molecule has 3 rings (SSSR count). The summed E-state index contributed by atoms with van der Waals surface area (Å²) < 4.78 is 5.54. The molecule has 2 fully saturated rings. The summed E-state index contributed by atoms with van der Waals surface area (Å²) in [7, 11) is -1.24. The van der Waals surface area contributed by atoms with Gasteiger partial charge >= 0.3 is 13.1 Å². The molecule has 0 unspecified atom stereocenters. The van der Waals surface area contributed by atoms with E-state index in [1.54, 1.807) is 6.20 Å². The zero-order valence-electron chi connectivity index (χ0n) is 16.5. The van der Waals surface area contributed by atoms with E-state index in [4.69, 9.17) is 21.2 Å². The maximum absolute atomic E-state index is 13.1. The van der Waals surface area contributed by atoms with Gasteiger partial charge in [-0.1, -0.05) is 18.9 Å². The summed E-state index contributed by atoms with van der Waals surface area (Å²) in [5.41, 5.74) is 13.2. The number of carboxylic acid groups (broad SMARTS) is 1. The number of hydrogen-bond acceptors (Lipinski definition) is 7. The lowest BCUT2D eigenvalue weighted by molar-refractivity contribution is -0.139. The molecule has 0 spiro atoms. The Labute approximate surface area is 170 Å². The molecule has 29 heavy (non-hydrogen) atoms. The minimum Gasteiger partial charge on any atom is -0.481 e. The Morgan fingerprint density at radius 2 is 2.00 bits per heavy atom. The van der Waals surface area contributed by atoms with Gasteiger partial charge in [-0.05, 0) is 36.8 Å². The number of aromatic nitrogens is 1. The third-order valence-corrected chi connectivity index (χ3v) is 5.90. The summed E-state index contributed by atoms with van der Waals surface area (Å²) in [6.07, 6.45) is 5.05. The number of carboxylic acids is 1. The van der Waals surface area contributed by atoms with Crippen molar-refractivity contribution in [2.24, 2.45) is 11.5 Å². The lowest BCUT2D eigenvalue weighted by atomic mass is 9.73. The molecule has 1 aliphatic carbocycles. The molecule has 158 valence electrons. The molecule has 0 aromatic carbocycles. The van der Waals surface area contributed by atoms with E-state index in [0.717, 1.165) is 29.7 Å². The van der Waals surface area contributed by atoms with Crippen molar-refractivity contribution in [2.45, 2.75) is 75.5 Å². The highest BCUT2D eigenvalue weighted by Gasteiger charge is 2.52. The fourth-order valence-electron chi connectivity index (χ4n) is 3.97. The summed E-state index contributed by atoms with van der Waals surface area (Å²) in [6, 6.07) is 1.90. The zero-order chi connectivity index (χ0) is 21.0. The second-order valence-corrected chi connectivity index (χ2v) is 7.93. The average molecular weight is 404 g/mol. The first-order chi connectivity index (χ1) is 13.9. The van der Waals surface area contributed by atoms with Crippen molar-refractivity contribution in [3.05, 3.63) is 29.1 Å². The van der Waals surface area contributed by atoms with Gasteiger partial charge in [0.25, 0.3) is 0 Å². The standard InChI is InChI=1S/C19H29BN4O5/c21-9-12-7-13(11-23-15(12)10-22)19(5-6-19)18(27)24-16-4-2-1-3-14(8-17(25)26)29-20(16)28/h7,11,14,16,28H,1-6,8-10,21-22H2,(H,24,27)(H,25,26)/t14-,16+/m1/s1. The van der Waals surface area contributed by atoms with E-state index < -0.39 is 30.5 Å².